The smallest absolute Gasteiger partial charge is 0.270 e. The Hall–Kier alpha value is -3.19. The number of carbonyl (C=O) groups is 1. The minimum atomic E-state index is -0.591. The molecule has 0 radical (unpaired) electrons. The molecule has 1 amide bonds. The van der Waals surface area contributed by atoms with E-state index < -0.39 is 16.3 Å². The van der Waals surface area contributed by atoms with Gasteiger partial charge in [-0.25, -0.2) is 0 Å². The second-order valence-electron chi connectivity index (χ2n) is 5.33. The first kappa shape index (κ1) is 16.7. The molecule has 1 heterocycles. The van der Waals surface area contributed by atoms with Crippen LogP contribution in [-0.2, 0) is 6.54 Å². The SMILES string of the molecule is O=C(NCc1ccc(Cl)cc1)c1c[nH]c2ccc([N+](=O)[O-])cc2c1=O. The number of amides is 1. The lowest BCUT2D eigenvalue weighted by molar-refractivity contribution is -0.384. The van der Waals surface area contributed by atoms with Gasteiger partial charge in [-0.1, -0.05) is 23.7 Å². The molecule has 0 spiro atoms. The fourth-order valence-electron chi connectivity index (χ4n) is 2.37. The largest absolute Gasteiger partial charge is 0.360 e. The molecule has 2 N–H and O–H groups in total. The number of rotatable bonds is 4. The Labute approximate surface area is 146 Å². The normalized spacial score (nSPS) is 10.6. The summed E-state index contributed by atoms with van der Waals surface area (Å²) in [4.78, 5) is 37.8. The number of fused-ring (bicyclic) bond motifs is 1. The van der Waals surface area contributed by atoms with Crippen molar-refractivity contribution in [3.63, 3.8) is 0 Å². The number of nitrogens with zero attached hydrogens (tertiary/aromatic N) is 1. The van der Waals surface area contributed by atoms with Crippen LogP contribution >= 0.6 is 11.6 Å². The number of nitrogens with one attached hydrogen (secondary N) is 2. The second kappa shape index (κ2) is 6.74. The summed E-state index contributed by atoms with van der Waals surface area (Å²) in [6, 6.07) is 10.8. The van der Waals surface area contributed by atoms with Crippen molar-refractivity contribution in [1.82, 2.24) is 10.3 Å². The Morgan fingerprint density at radius 2 is 1.92 bits per heavy atom. The first-order valence-corrected chi connectivity index (χ1v) is 7.66. The van der Waals surface area contributed by atoms with E-state index in [2.05, 4.69) is 10.3 Å². The molecule has 0 unspecified atom stereocenters. The van der Waals surface area contributed by atoms with E-state index in [1.165, 1.54) is 18.3 Å². The molecule has 3 aromatic rings. The van der Waals surface area contributed by atoms with Gasteiger partial charge in [-0.05, 0) is 23.8 Å². The van der Waals surface area contributed by atoms with Crippen molar-refractivity contribution in [1.29, 1.82) is 0 Å². The summed E-state index contributed by atoms with van der Waals surface area (Å²) < 4.78 is 0. The van der Waals surface area contributed by atoms with E-state index in [1.807, 2.05) is 0 Å². The molecule has 0 saturated carbocycles. The lowest BCUT2D eigenvalue weighted by atomic mass is 10.1. The van der Waals surface area contributed by atoms with Gasteiger partial charge in [-0.3, -0.25) is 19.7 Å². The minimum absolute atomic E-state index is 0.0911. The van der Waals surface area contributed by atoms with Crippen LogP contribution in [0.1, 0.15) is 15.9 Å². The van der Waals surface area contributed by atoms with Crippen LogP contribution in [0.4, 0.5) is 5.69 Å². The number of nitro benzene ring substituents is 1. The molecule has 0 bridgehead atoms. The number of aromatic nitrogens is 1. The highest BCUT2D eigenvalue weighted by atomic mass is 35.5. The van der Waals surface area contributed by atoms with E-state index in [4.69, 9.17) is 11.6 Å². The zero-order valence-electron chi connectivity index (χ0n) is 12.8. The van der Waals surface area contributed by atoms with Gasteiger partial charge < -0.3 is 10.3 Å². The van der Waals surface area contributed by atoms with E-state index >= 15 is 0 Å². The summed E-state index contributed by atoms with van der Waals surface area (Å²) in [5.41, 5.74) is 0.361. The van der Waals surface area contributed by atoms with Crippen LogP contribution in [0, 0.1) is 10.1 Å². The highest BCUT2D eigenvalue weighted by molar-refractivity contribution is 6.30. The van der Waals surface area contributed by atoms with Crippen LogP contribution in [0.3, 0.4) is 0 Å². The lowest BCUT2D eigenvalue weighted by Gasteiger charge is -2.06. The molecule has 126 valence electrons. The molecule has 2 aromatic carbocycles. The lowest BCUT2D eigenvalue weighted by Crippen LogP contribution is -2.28. The van der Waals surface area contributed by atoms with Crippen molar-refractivity contribution in [3.05, 3.63) is 85.1 Å². The van der Waals surface area contributed by atoms with E-state index in [0.717, 1.165) is 11.6 Å². The van der Waals surface area contributed by atoms with Gasteiger partial charge in [0.05, 0.1) is 10.3 Å². The zero-order valence-corrected chi connectivity index (χ0v) is 13.5. The Bertz CT molecular complexity index is 1030. The first-order chi connectivity index (χ1) is 12.0. The van der Waals surface area contributed by atoms with E-state index in [1.54, 1.807) is 24.3 Å². The number of carbonyl (C=O) groups excluding carboxylic acids is 1. The predicted molar refractivity (Wildman–Crippen MR) is 93.8 cm³/mol. The van der Waals surface area contributed by atoms with Gasteiger partial charge in [0.15, 0.2) is 0 Å². The highest BCUT2D eigenvalue weighted by Crippen LogP contribution is 2.17. The molecule has 0 aliphatic rings. The second-order valence-corrected chi connectivity index (χ2v) is 5.76. The maximum atomic E-state index is 12.5. The van der Waals surface area contributed by atoms with Crippen molar-refractivity contribution < 1.29 is 9.72 Å². The van der Waals surface area contributed by atoms with E-state index in [0.29, 0.717) is 10.5 Å². The van der Waals surface area contributed by atoms with Crippen LogP contribution in [0.25, 0.3) is 10.9 Å². The maximum absolute atomic E-state index is 12.5. The Morgan fingerprint density at radius 3 is 2.60 bits per heavy atom. The van der Waals surface area contributed by atoms with Gasteiger partial charge in [-0.2, -0.15) is 0 Å². The molecule has 25 heavy (non-hydrogen) atoms. The number of non-ortho nitro benzene ring substituents is 1. The fourth-order valence-corrected chi connectivity index (χ4v) is 2.49. The summed E-state index contributed by atoms with van der Waals surface area (Å²) in [5.74, 6) is -0.565. The van der Waals surface area contributed by atoms with Gasteiger partial charge in [0.1, 0.15) is 5.56 Å². The standard InChI is InChI=1S/C17H12ClN3O4/c18-11-3-1-10(2-4-11)8-20-17(23)14-9-19-15-6-5-12(21(24)25)7-13(15)16(14)22/h1-7,9H,8H2,(H,19,22)(H,20,23). The Balaban J connectivity index is 1.88. The monoisotopic (exact) mass is 357 g/mol. The molecule has 8 heteroatoms. The highest BCUT2D eigenvalue weighted by Gasteiger charge is 2.15. The predicted octanol–water partition coefficient (Wildman–Crippen LogP) is 3.02. The number of H-pyrrole nitrogens is 1. The van der Waals surface area contributed by atoms with Crippen LogP contribution in [0.5, 0.6) is 0 Å². The van der Waals surface area contributed by atoms with Gasteiger partial charge >= 0.3 is 0 Å². The number of halogens is 1. The van der Waals surface area contributed by atoms with Gasteiger partial charge in [0.2, 0.25) is 5.43 Å². The molecule has 0 saturated heterocycles. The van der Waals surface area contributed by atoms with Crippen molar-refractivity contribution in [2.45, 2.75) is 6.54 Å². The minimum Gasteiger partial charge on any atom is -0.360 e. The summed E-state index contributed by atoms with van der Waals surface area (Å²) in [5, 5.41) is 14.2. The molecule has 7 nitrogen and oxygen atoms in total. The maximum Gasteiger partial charge on any atom is 0.270 e. The number of benzene rings is 2. The Kier molecular flexibility index (Phi) is 4.49. The van der Waals surface area contributed by atoms with E-state index in [-0.39, 0.29) is 23.2 Å². The van der Waals surface area contributed by atoms with Crippen molar-refractivity contribution in [2.24, 2.45) is 0 Å². The Morgan fingerprint density at radius 1 is 1.20 bits per heavy atom. The van der Waals surface area contributed by atoms with E-state index in [9.17, 15) is 19.7 Å². The number of hydrogen-bond acceptors (Lipinski definition) is 4. The van der Waals surface area contributed by atoms with Crippen molar-refractivity contribution in [2.75, 3.05) is 0 Å². The number of pyridine rings is 1. The summed E-state index contributed by atoms with van der Waals surface area (Å²) >= 11 is 5.80. The quantitative estimate of drug-likeness (QED) is 0.553. The third-order valence-corrected chi connectivity index (χ3v) is 3.94. The molecule has 0 fully saturated rings. The summed E-state index contributed by atoms with van der Waals surface area (Å²) in [6.45, 7) is 0.225. The molecule has 0 aliphatic heterocycles. The average Bonchev–Trinajstić information content (AvgIpc) is 2.61. The average molecular weight is 358 g/mol. The molecule has 0 atom stereocenters. The zero-order chi connectivity index (χ0) is 18.0. The summed E-state index contributed by atoms with van der Waals surface area (Å²) in [7, 11) is 0. The van der Waals surface area contributed by atoms with Crippen molar-refractivity contribution >= 4 is 34.1 Å². The molecule has 3 rings (SSSR count). The number of nitro groups is 1. The van der Waals surface area contributed by atoms with Gasteiger partial charge in [-0.15, -0.1) is 0 Å². The number of aromatic amines is 1. The molecule has 0 aliphatic carbocycles. The van der Waals surface area contributed by atoms with Crippen LogP contribution in [0.2, 0.25) is 5.02 Å². The third kappa shape index (κ3) is 3.51. The third-order valence-electron chi connectivity index (χ3n) is 3.69. The first-order valence-electron chi connectivity index (χ1n) is 7.28. The van der Waals surface area contributed by atoms with Crippen LogP contribution in [-0.4, -0.2) is 15.8 Å². The van der Waals surface area contributed by atoms with Gasteiger partial charge in [0.25, 0.3) is 11.6 Å². The topological polar surface area (TPSA) is 105 Å². The molecular weight excluding hydrogens is 346 g/mol. The van der Waals surface area contributed by atoms with Gasteiger partial charge in [0, 0.05) is 35.4 Å². The van der Waals surface area contributed by atoms with Crippen LogP contribution in [0.15, 0.2) is 53.5 Å². The summed E-state index contributed by atoms with van der Waals surface area (Å²) in [6.07, 6.45) is 1.30. The number of hydrogen-bond donors (Lipinski definition) is 2. The van der Waals surface area contributed by atoms with Crippen molar-refractivity contribution in [3.8, 4) is 0 Å². The van der Waals surface area contributed by atoms with Crippen LogP contribution < -0.4 is 10.7 Å². The fraction of sp³-hybridized carbons (Fsp3) is 0.0588. The molecular formula is C17H12ClN3O4. The molecule has 1 aromatic heterocycles.